The second-order valence-electron chi connectivity index (χ2n) is 10.2. The van der Waals surface area contributed by atoms with Crippen LogP contribution in [0.5, 0.6) is 11.5 Å². The maximum atomic E-state index is 12.4. The van der Waals surface area contributed by atoms with Gasteiger partial charge < -0.3 is 9.47 Å². The number of benzene rings is 4. The number of amides is 2. The van der Waals surface area contributed by atoms with Crippen LogP contribution in [-0.4, -0.2) is 55.9 Å². The molecule has 0 aliphatic rings. The van der Waals surface area contributed by atoms with E-state index in [0.29, 0.717) is 23.3 Å². The minimum Gasteiger partial charge on any atom is -0.423 e. The molecule has 0 fully saturated rings. The topological polar surface area (TPSA) is 308 Å². The van der Waals surface area contributed by atoms with Gasteiger partial charge in [-0.1, -0.05) is 0 Å². The van der Waals surface area contributed by atoms with Crippen LogP contribution in [0.15, 0.2) is 95.1 Å². The van der Waals surface area contributed by atoms with E-state index >= 15 is 0 Å². The molecular formula is C31H20N8O14. The smallest absolute Gasteiger partial charge is 0.344 e. The summed E-state index contributed by atoms with van der Waals surface area (Å²) in [7, 11) is 0. The van der Waals surface area contributed by atoms with Gasteiger partial charge in [0.2, 0.25) is 11.8 Å². The number of nitrogens with one attached hydrogen (secondary N) is 2. The summed E-state index contributed by atoms with van der Waals surface area (Å²) >= 11 is 0. The van der Waals surface area contributed by atoms with Gasteiger partial charge >= 0.3 is 11.9 Å². The third-order valence-electron chi connectivity index (χ3n) is 6.43. The van der Waals surface area contributed by atoms with Crippen molar-refractivity contribution in [3.8, 4) is 11.5 Å². The van der Waals surface area contributed by atoms with Crippen LogP contribution in [0.4, 0.5) is 22.7 Å². The van der Waals surface area contributed by atoms with Crippen molar-refractivity contribution in [2.75, 3.05) is 0 Å². The van der Waals surface area contributed by atoms with Crippen LogP contribution in [0.25, 0.3) is 0 Å². The number of nitro benzene ring substituents is 4. The first-order valence-corrected chi connectivity index (χ1v) is 14.3. The third kappa shape index (κ3) is 10.8. The van der Waals surface area contributed by atoms with Gasteiger partial charge in [-0.2, -0.15) is 10.2 Å². The number of rotatable bonds is 14. The lowest BCUT2D eigenvalue weighted by molar-refractivity contribution is -0.394. The average molecular weight is 729 g/mol. The SMILES string of the molecule is O=C(CC(=O)NN=Cc1ccc(OC(=O)c2cc([N+](=O)[O-])cc([N+](=O)[O-])c2)cc1)NN=Cc1ccc(OC(=O)c2cc([N+](=O)[O-])cc([N+](=O)[O-])c2)cc1. The summed E-state index contributed by atoms with van der Waals surface area (Å²) in [5.41, 5.74) is 1.61. The quantitative estimate of drug-likeness (QED) is 0.0467. The number of nitro groups is 4. The van der Waals surface area contributed by atoms with Gasteiger partial charge in [0.25, 0.3) is 22.7 Å². The van der Waals surface area contributed by atoms with Crippen LogP contribution in [0, 0.1) is 40.5 Å². The lowest BCUT2D eigenvalue weighted by Gasteiger charge is -2.05. The number of hydrazone groups is 2. The van der Waals surface area contributed by atoms with Crippen molar-refractivity contribution in [1.82, 2.24) is 10.9 Å². The summed E-state index contributed by atoms with van der Waals surface area (Å²) < 4.78 is 10.2. The molecule has 0 radical (unpaired) electrons. The highest BCUT2D eigenvalue weighted by Gasteiger charge is 2.22. The molecule has 53 heavy (non-hydrogen) atoms. The third-order valence-corrected chi connectivity index (χ3v) is 6.43. The Morgan fingerprint density at radius 1 is 0.528 bits per heavy atom. The van der Waals surface area contributed by atoms with Crippen molar-refractivity contribution >= 4 is 58.9 Å². The molecule has 2 amide bonds. The van der Waals surface area contributed by atoms with Crippen LogP contribution in [0.2, 0.25) is 0 Å². The van der Waals surface area contributed by atoms with E-state index in [1.807, 2.05) is 0 Å². The monoisotopic (exact) mass is 728 g/mol. The Morgan fingerprint density at radius 3 is 1.11 bits per heavy atom. The van der Waals surface area contributed by atoms with Crippen LogP contribution in [0.1, 0.15) is 38.3 Å². The van der Waals surface area contributed by atoms with Crippen LogP contribution in [-0.2, 0) is 9.59 Å². The van der Waals surface area contributed by atoms with E-state index in [9.17, 15) is 59.6 Å². The molecule has 4 aromatic carbocycles. The molecule has 0 atom stereocenters. The highest BCUT2D eigenvalue weighted by atomic mass is 16.6. The largest absolute Gasteiger partial charge is 0.423 e. The zero-order valence-corrected chi connectivity index (χ0v) is 26.3. The molecule has 0 unspecified atom stereocenters. The Hall–Kier alpha value is -8.30. The fraction of sp³-hybridized carbons (Fsp3) is 0.0323. The molecule has 0 saturated heterocycles. The Bertz CT molecular complexity index is 1980. The van der Waals surface area contributed by atoms with Gasteiger partial charge in [-0.15, -0.1) is 0 Å². The fourth-order valence-electron chi connectivity index (χ4n) is 4.01. The second kappa shape index (κ2) is 16.9. The highest BCUT2D eigenvalue weighted by Crippen LogP contribution is 2.25. The van der Waals surface area contributed by atoms with Crippen molar-refractivity contribution in [2.45, 2.75) is 6.42 Å². The summed E-state index contributed by atoms with van der Waals surface area (Å²) in [6, 6.07) is 15.8. The Morgan fingerprint density at radius 2 is 0.830 bits per heavy atom. The van der Waals surface area contributed by atoms with Crippen LogP contribution < -0.4 is 20.3 Å². The molecule has 0 aliphatic carbocycles. The number of non-ortho nitro benzene ring substituents is 4. The van der Waals surface area contributed by atoms with Crippen molar-refractivity contribution in [3.05, 3.63) is 148 Å². The standard InChI is InChI=1S/C31H20N8O14/c40-28(34-32-16-18-1-5-26(6-2-18)52-30(42)20-9-22(36(44)45)13-23(10-20)37(46)47)15-29(41)35-33-17-19-3-7-27(8-4-19)53-31(43)21-11-24(38(48)49)14-25(12-21)39(50)51/h1-14,16-17H,15H2,(H,34,40)(H,35,41). The molecule has 0 bridgehead atoms. The molecule has 0 aromatic heterocycles. The van der Waals surface area contributed by atoms with Crippen molar-refractivity contribution in [1.29, 1.82) is 0 Å². The summed E-state index contributed by atoms with van der Waals surface area (Å²) in [5.74, 6) is -3.77. The Labute approximate surface area is 293 Å². The first-order valence-electron chi connectivity index (χ1n) is 14.3. The Kier molecular flexibility index (Phi) is 12.0. The maximum absolute atomic E-state index is 12.4. The number of hydrogen-bond acceptors (Lipinski definition) is 16. The van der Waals surface area contributed by atoms with Crippen LogP contribution in [0.3, 0.4) is 0 Å². The van der Waals surface area contributed by atoms with E-state index in [4.69, 9.17) is 9.47 Å². The van der Waals surface area contributed by atoms with E-state index in [0.717, 1.165) is 24.3 Å². The van der Waals surface area contributed by atoms with Gasteiger partial charge in [-0.05, 0) is 59.7 Å². The van der Waals surface area contributed by atoms with E-state index in [1.54, 1.807) is 0 Å². The highest BCUT2D eigenvalue weighted by molar-refractivity contribution is 5.97. The number of ether oxygens (including phenoxy) is 2. The first kappa shape index (κ1) is 37.5. The molecule has 4 rings (SSSR count). The summed E-state index contributed by atoms with van der Waals surface area (Å²) in [6.45, 7) is 0. The van der Waals surface area contributed by atoms with Gasteiger partial charge in [0, 0.05) is 24.3 Å². The van der Waals surface area contributed by atoms with Crippen molar-refractivity contribution < 1.29 is 48.3 Å². The van der Waals surface area contributed by atoms with Gasteiger partial charge in [-0.25, -0.2) is 20.4 Å². The summed E-state index contributed by atoms with van der Waals surface area (Å²) in [5, 5.41) is 51.6. The molecule has 0 aliphatic heterocycles. The molecule has 0 saturated carbocycles. The van der Waals surface area contributed by atoms with Crippen LogP contribution >= 0.6 is 0 Å². The molecule has 268 valence electrons. The van der Waals surface area contributed by atoms with E-state index < -0.39 is 83.7 Å². The molecule has 2 N–H and O–H groups in total. The summed E-state index contributed by atoms with van der Waals surface area (Å²) in [4.78, 5) is 89.6. The number of hydrogen-bond donors (Lipinski definition) is 2. The minimum atomic E-state index is -1.08. The van der Waals surface area contributed by atoms with E-state index in [1.165, 1.54) is 61.0 Å². The molecular weight excluding hydrogens is 708 g/mol. The predicted molar refractivity (Wildman–Crippen MR) is 178 cm³/mol. The molecule has 22 heteroatoms. The zero-order chi connectivity index (χ0) is 38.7. The minimum absolute atomic E-state index is 0.00451. The normalized spacial score (nSPS) is 10.7. The fourth-order valence-corrected chi connectivity index (χ4v) is 4.01. The Balaban J connectivity index is 1.22. The molecule has 0 heterocycles. The van der Waals surface area contributed by atoms with Crippen molar-refractivity contribution in [2.24, 2.45) is 10.2 Å². The second-order valence-corrected chi connectivity index (χ2v) is 10.2. The van der Waals surface area contributed by atoms with Gasteiger partial charge in [0.1, 0.15) is 17.9 Å². The molecule has 0 spiro atoms. The first-order chi connectivity index (χ1) is 25.2. The number of esters is 2. The maximum Gasteiger partial charge on any atom is 0.344 e. The van der Waals surface area contributed by atoms with E-state index in [-0.39, 0.29) is 11.5 Å². The predicted octanol–water partition coefficient (Wildman–Crippen LogP) is 3.75. The number of carbonyl (C=O) groups excluding carboxylic acids is 4. The van der Waals surface area contributed by atoms with Gasteiger partial charge in [-0.3, -0.25) is 50.0 Å². The average Bonchev–Trinajstić information content (AvgIpc) is 3.12. The summed E-state index contributed by atoms with van der Waals surface area (Å²) in [6.07, 6.45) is 1.75. The molecule has 22 nitrogen and oxygen atoms in total. The lowest BCUT2D eigenvalue weighted by Crippen LogP contribution is -2.27. The lowest BCUT2D eigenvalue weighted by atomic mass is 10.1. The number of carbonyl (C=O) groups is 4. The molecule has 4 aromatic rings. The van der Waals surface area contributed by atoms with Gasteiger partial charge in [0.05, 0.1) is 55.4 Å². The number of nitrogens with zero attached hydrogens (tertiary/aromatic N) is 6. The van der Waals surface area contributed by atoms with Crippen molar-refractivity contribution in [3.63, 3.8) is 0 Å². The zero-order valence-electron chi connectivity index (χ0n) is 26.3. The van der Waals surface area contributed by atoms with E-state index in [2.05, 4.69) is 21.1 Å². The van der Waals surface area contributed by atoms with Gasteiger partial charge in [0.15, 0.2) is 0 Å².